The Morgan fingerprint density at radius 3 is 2.87 bits per heavy atom. The second-order valence-electron chi connectivity index (χ2n) is 6.50. The monoisotopic (exact) mass is 409 g/mol. The van der Waals surface area contributed by atoms with Crippen LogP contribution in [0.2, 0.25) is 0 Å². The van der Waals surface area contributed by atoms with Gasteiger partial charge in [0.15, 0.2) is 11.1 Å². The van der Waals surface area contributed by atoms with Crippen LogP contribution < -0.4 is 21.7 Å². The SMILES string of the molecule is OCCn1ccnc1Nc1ncnc2c1ccn2NN1C=c2ncn(CO)c2=NC1. The molecule has 0 amide bonds. The number of fused-ring (bicyclic) bond motifs is 2. The molecule has 1 aliphatic heterocycles. The van der Waals surface area contributed by atoms with E-state index in [1.165, 1.54) is 6.33 Å². The highest BCUT2D eigenvalue weighted by Crippen LogP contribution is 2.22. The van der Waals surface area contributed by atoms with E-state index in [0.717, 1.165) is 5.39 Å². The van der Waals surface area contributed by atoms with Crippen LogP contribution in [-0.4, -0.2) is 62.2 Å². The lowest BCUT2D eigenvalue weighted by molar-refractivity contribution is 0.204. The number of aliphatic hydroxyl groups excluding tert-OH is 2. The van der Waals surface area contributed by atoms with Crippen molar-refractivity contribution in [1.82, 2.24) is 38.8 Å². The third-order valence-electron chi connectivity index (χ3n) is 4.64. The van der Waals surface area contributed by atoms with E-state index in [1.54, 1.807) is 37.5 Å². The van der Waals surface area contributed by atoms with E-state index in [1.807, 2.05) is 18.5 Å². The maximum Gasteiger partial charge on any atom is 0.208 e. The third-order valence-corrected chi connectivity index (χ3v) is 4.64. The Morgan fingerprint density at radius 1 is 1.07 bits per heavy atom. The summed E-state index contributed by atoms with van der Waals surface area (Å²) in [4.78, 5) is 21.7. The minimum absolute atomic E-state index is 0.0141. The second-order valence-corrected chi connectivity index (χ2v) is 6.50. The number of rotatable bonds is 7. The fourth-order valence-corrected chi connectivity index (χ4v) is 3.25. The van der Waals surface area contributed by atoms with Gasteiger partial charge in [0.25, 0.3) is 0 Å². The van der Waals surface area contributed by atoms with Crippen LogP contribution >= 0.6 is 0 Å². The molecule has 0 saturated carbocycles. The summed E-state index contributed by atoms with van der Waals surface area (Å²) in [7, 11) is 0. The van der Waals surface area contributed by atoms with Gasteiger partial charge in [-0.05, 0) is 6.07 Å². The van der Waals surface area contributed by atoms with Gasteiger partial charge in [0, 0.05) is 25.1 Å². The number of hydrogen-bond acceptors (Lipinski definition) is 10. The van der Waals surface area contributed by atoms with Crippen LogP contribution in [0.15, 0.2) is 42.3 Å². The average Bonchev–Trinajstić information content (AvgIpc) is 3.48. The predicted octanol–water partition coefficient (Wildman–Crippen LogP) is -1.70. The van der Waals surface area contributed by atoms with Crippen molar-refractivity contribution in [1.29, 1.82) is 0 Å². The Kier molecular flexibility index (Phi) is 4.49. The number of aliphatic hydroxyl groups is 2. The summed E-state index contributed by atoms with van der Waals surface area (Å²) < 4.78 is 5.12. The normalized spacial score (nSPS) is 13.1. The van der Waals surface area contributed by atoms with Gasteiger partial charge < -0.3 is 20.1 Å². The summed E-state index contributed by atoms with van der Waals surface area (Å²) in [6.07, 6.45) is 10.1. The number of nitrogens with one attached hydrogen (secondary N) is 2. The van der Waals surface area contributed by atoms with E-state index in [4.69, 9.17) is 0 Å². The highest BCUT2D eigenvalue weighted by molar-refractivity contribution is 5.88. The summed E-state index contributed by atoms with van der Waals surface area (Å²) in [5.74, 6) is 1.18. The molecule has 154 valence electrons. The third kappa shape index (κ3) is 3.11. The largest absolute Gasteiger partial charge is 0.395 e. The van der Waals surface area contributed by atoms with Gasteiger partial charge in [0.1, 0.15) is 30.9 Å². The van der Waals surface area contributed by atoms with Crippen molar-refractivity contribution in [2.24, 2.45) is 4.99 Å². The molecule has 0 spiro atoms. The number of imidazole rings is 2. The zero-order valence-electron chi connectivity index (χ0n) is 15.8. The van der Waals surface area contributed by atoms with Gasteiger partial charge in [-0.2, -0.15) is 0 Å². The molecule has 13 heteroatoms. The lowest BCUT2D eigenvalue weighted by Gasteiger charge is -2.22. The average molecular weight is 409 g/mol. The first kappa shape index (κ1) is 18.1. The number of nitrogens with zero attached hydrogens (tertiary/aromatic N) is 9. The Bertz CT molecular complexity index is 1300. The molecule has 5 heterocycles. The molecule has 0 aromatic carbocycles. The molecule has 0 radical (unpaired) electrons. The highest BCUT2D eigenvalue weighted by Gasteiger charge is 2.13. The number of hydrazine groups is 1. The standard InChI is InChI=1S/C17H19N11O2/c29-6-5-25-4-2-18-17(25)23-14-12-1-3-28(15(12)20-8-19-14)24-27-7-13-16(22-10-27)26(11-30)9-21-13/h1-4,7-9,24,29-30H,5-6,10-11H2,(H,18,19,20,23). The molecule has 1 aliphatic rings. The van der Waals surface area contributed by atoms with Crippen LogP contribution in [0.1, 0.15) is 0 Å². The maximum absolute atomic E-state index is 9.32. The number of anilines is 2. The van der Waals surface area contributed by atoms with Crippen LogP contribution in [0.25, 0.3) is 17.2 Å². The first-order chi connectivity index (χ1) is 14.8. The lowest BCUT2D eigenvalue weighted by atomic mass is 10.4. The number of aromatic nitrogens is 7. The second kappa shape index (κ2) is 7.46. The molecule has 30 heavy (non-hydrogen) atoms. The molecule has 4 aromatic rings. The van der Waals surface area contributed by atoms with Gasteiger partial charge in [-0.15, -0.1) is 0 Å². The Labute approximate surface area is 169 Å². The van der Waals surface area contributed by atoms with Crippen LogP contribution in [0, 0.1) is 0 Å². The van der Waals surface area contributed by atoms with Gasteiger partial charge >= 0.3 is 0 Å². The van der Waals surface area contributed by atoms with E-state index < -0.39 is 0 Å². The van der Waals surface area contributed by atoms with Crippen molar-refractivity contribution in [3.05, 3.63) is 48.1 Å². The first-order valence-corrected chi connectivity index (χ1v) is 9.19. The van der Waals surface area contributed by atoms with Gasteiger partial charge in [-0.3, -0.25) is 9.58 Å². The van der Waals surface area contributed by atoms with E-state index in [2.05, 4.69) is 35.8 Å². The molecule has 0 aliphatic carbocycles. The molecule has 4 aromatic heterocycles. The molecule has 0 fully saturated rings. The number of hydrogen-bond donors (Lipinski definition) is 4. The molecule has 0 saturated heterocycles. The van der Waals surface area contributed by atoms with Gasteiger partial charge in [-0.1, -0.05) is 0 Å². The summed E-state index contributed by atoms with van der Waals surface area (Å²) in [5, 5.41) is 24.9. The predicted molar refractivity (Wildman–Crippen MR) is 106 cm³/mol. The van der Waals surface area contributed by atoms with Crippen LogP contribution in [0.5, 0.6) is 0 Å². The fraction of sp³-hybridized carbons (Fsp3) is 0.235. The lowest BCUT2D eigenvalue weighted by Crippen LogP contribution is -2.43. The topological polar surface area (TPSA) is 146 Å². The van der Waals surface area contributed by atoms with Crippen molar-refractivity contribution >= 4 is 29.0 Å². The van der Waals surface area contributed by atoms with Crippen molar-refractivity contribution in [2.45, 2.75) is 13.3 Å². The van der Waals surface area contributed by atoms with E-state index in [-0.39, 0.29) is 13.3 Å². The summed E-state index contributed by atoms with van der Waals surface area (Å²) in [6, 6.07) is 1.89. The first-order valence-electron chi connectivity index (χ1n) is 9.19. The van der Waals surface area contributed by atoms with Crippen molar-refractivity contribution in [2.75, 3.05) is 24.1 Å². The molecule has 5 rings (SSSR count). The van der Waals surface area contributed by atoms with Crippen LogP contribution in [0.4, 0.5) is 11.8 Å². The van der Waals surface area contributed by atoms with E-state index in [0.29, 0.717) is 41.5 Å². The molecule has 4 N–H and O–H groups in total. The van der Waals surface area contributed by atoms with Gasteiger partial charge in [-0.25, -0.2) is 35.1 Å². The maximum atomic E-state index is 9.32. The van der Waals surface area contributed by atoms with Crippen molar-refractivity contribution in [3.63, 3.8) is 0 Å². The smallest absolute Gasteiger partial charge is 0.208 e. The Hall–Kier alpha value is -3.97. The van der Waals surface area contributed by atoms with Gasteiger partial charge in [0.05, 0.1) is 24.5 Å². The Morgan fingerprint density at radius 2 is 2.00 bits per heavy atom. The highest BCUT2D eigenvalue weighted by atomic mass is 16.3. The van der Waals surface area contributed by atoms with Gasteiger partial charge in [0.2, 0.25) is 5.95 Å². The summed E-state index contributed by atoms with van der Waals surface area (Å²) in [6.45, 7) is 0.618. The van der Waals surface area contributed by atoms with Crippen molar-refractivity contribution in [3.8, 4) is 0 Å². The fourth-order valence-electron chi connectivity index (χ4n) is 3.25. The summed E-state index contributed by atoms with van der Waals surface area (Å²) >= 11 is 0. The quantitative estimate of drug-likeness (QED) is 0.280. The Balaban J connectivity index is 1.42. The molecule has 0 unspecified atom stereocenters. The van der Waals surface area contributed by atoms with Crippen LogP contribution in [0.3, 0.4) is 0 Å². The van der Waals surface area contributed by atoms with Crippen molar-refractivity contribution < 1.29 is 10.2 Å². The van der Waals surface area contributed by atoms with Crippen LogP contribution in [-0.2, 0) is 13.3 Å². The minimum Gasteiger partial charge on any atom is -0.395 e. The molecule has 13 nitrogen and oxygen atoms in total. The molecule has 0 bridgehead atoms. The molecular weight excluding hydrogens is 390 g/mol. The molecule has 0 atom stereocenters. The molecular formula is C17H19N11O2. The minimum atomic E-state index is -0.168. The zero-order valence-corrected chi connectivity index (χ0v) is 15.8. The van der Waals surface area contributed by atoms with E-state index in [9.17, 15) is 10.2 Å². The zero-order chi connectivity index (χ0) is 20.5. The summed E-state index contributed by atoms with van der Waals surface area (Å²) in [5.41, 5.74) is 4.51. The van der Waals surface area contributed by atoms with E-state index >= 15 is 0 Å².